The maximum absolute atomic E-state index is 4.59. The van der Waals surface area contributed by atoms with Gasteiger partial charge in [-0.25, -0.2) is 0 Å². The topological polar surface area (TPSA) is 24.9 Å². The van der Waals surface area contributed by atoms with Crippen molar-refractivity contribution in [3.8, 4) is 0 Å². The first-order valence-electron chi connectivity index (χ1n) is 7.50. The van der Waals surface area contributed by atoms with Crippen LogP contribution in [0, 0.1) is 6.92 Å². The molecule has 0 radical (unpaired) electrons. The second-order valence-electron chi connectivity index (χ2n) is 5.19. The molecule has 2 aromatic rings. The van der Waals surface area contributed by atoms with Gasteiger partial charge in [0.1, 0.15) is 0 Å². The van der Waals surface area contributed by atoms with E-state index >= 15 is 0 Å². The van der Waals surface area contributed by atoms with E-state index in [-0.39, 0.29) is 6.04 Å². The first kappa shape index (κ1) is 14.7. The number of nitrogens with one attached hydrogen (secondary N) is 1. The Bertz CT molecular complexity index is 531. The Kier molecular flexibility index (Phi) is 5.31. The van der Waals surface area contributed by atoms with Crippen LogP contribution in [-0.2, 0) is 6.42 Å². The zero-order valence-corrected chi connectivity index (χ0v) is 12.7. The minimum absolute atomic E-state index is 0.182. The maximum atomic E-state index is 4.59. The molecule has 1 N–H and O–H groups in total. The van der Waals surface area contributed by atoms with E-state index in [4.69, 9.17) is 0 Å². The number of rotatable bonds is 6. The summed E-state index contributed by atoms with van der Waals surface area (Å²) in [5.41, 5.74) is 5.03. The summed E-state index contributed by atoms with van der Waals surface area (Å²) in [6, 6.07) is 13.2. The Labute approximate surface area is 122 Å². The lowest BCUT2D eigenvalue weighted by molar-refractivity contribution is 0.583. The van der Waals surface area contributed by atoms with Gasteiger partial charge in [0.2, 0.25) is 0 Å². The minimum atomic E-state index is 0.182. The fraction of sp³-hybridized carbons (Fsp3) is 0.389. The fourth-order valence-corrected chi connectivity index (χ4v) is 2.41. The van der Waals surface area contributed by atoms with Gasteiger partial charge < -0.3 is 5.32 Å². The highest BCUT2D eigenvalue weighted by Gasteiger charge is 2.16. The van der Waals surface area contributed by atoms with E-state index < -0.39 is 0 Å². The number of nitrogens with zero attached hydrogens (tertiary/aromatic N) is 1. The van der Waals surface area contributed by atoms with Crippen molar-refractivity contribution >= 4 is 0 Å². The van der Waals surface area contributed by atoms with Crippen LogP contribution in [0.2, 0.25) is 0 Å². The van der Waals surface area contributed by atoms with Gasteiger partial charge >= 0.3 is 0 Å². The highest BCUT2D eigenvalue weighted by atomic mass is 14.9. The molecule has 0 fully saturated rings. The normalized spacial score (nSPS) is 12.3. The smallest absolute Gasteiger partial charge is 0.0754 e. The van der Waals surface area contributed by atoms with E-state index in [9.17, 15) is 0 Å². The lowest BCUT2D eigenvalue weighted by Crippen LogP contribution is -2.24. The molecule has 1 unspecified atom stereocenters. The molecule has 0 aliphatic heterocycles. The predicted octanol–water partition coefficient (Wildman–Crippen LogP) is 4.04. The zero-order chi connectivity index (χ0) is 14.4. The number of pyridine rings is 1. The average Bonchev–Trinajstić information content (AvgIpc) is 2.50. The molecule has 1 aromatic carbocycles. The van der Waals surface area contributed by atoms with Crippen molar-refractivity contribution in [1.82, 2.24) is 10.3 Å². The number of hydrogen-bond acceptors (Lipinski definition) is 2. The van der Waals surface area contributed by atoms with Crippen molar-refractivity contribution in [3.05, 3.63) is 65.0 Å². The SMILES string of the molecule is CCCNC(c1ccc(CC)cc1)c1ncccc1C. The van der Waals surface area contributed by atoms with Gasteiger partial charge in [-0.15, -0.1) is 0 Å². The third-order valence-corrected chi connectivity index (χ3v) is 3.64. The molecule has 2 rings (SSSR count). The maximum Gasteiger partial charge on any atom is 0.0754 e. The molecule has 1 aromatic heterocycles. The second kappa shape index (κ2) is 7.20. The summed E-state index contributed by atoms with van der Waals surface area (Å²) < 4.78 is 0. The van der Waals surface area contributed by atoms with Crippen LogP contribution in [0.4, 0.5) is 0 Å². The van der Waals surface area contributed by atoms with Gasteiger partial charge in [0.05, 0.1) is 11.7 Å². The van der Waals surface area contributed by atoms with Crippen LogP contribution < -0.4 is 5.32 Å². The Morgan fingerprint density at radius 2 is 1.85 bits per heavy atom. The van der Waals surface area contributed by atoms with Gasteiger partial charge in [-0.1, -0.05) is 44.2 Å². The molecule has 0 aliphatic rings. The van der Waals surface area contributed by atoms with Crippen LogP contribution in [0.3, 0.4) is 0 Å². The van der Waals surface area contributed by atoms with Gasteiger partial charge in [0, 0.05) is 6.20 Å². The molecule has 2 heteroatoms. The summed E-state index contributed by atoms with van der Waals surface area (Å²) in [5, 5.41) is 3.62. The van der Waals surface area contributed by atoms with Gasteiger partial charge in [-0.05, 0) is 49.1 Å². The van der Waals surface area contributed by atoms with E-state index in [1.54, 1.807) is 0 Å². The number of aromatic nitrogens is 1. The quantitative estimate of drug-likeness (QED) is 0.855. The largest absolute Gasteiger partial charge is 0.305 e. The van der Waals surface area contributed by atoms with E-state index in [0.717, 1.165) is 25.1 Å². The first-order valence-corrected chi connectivity index (χ1v) is 7.50. The first-order chi connectivity index (χ1) is 9.76. The van der Waals surface area contributed by atoms with E-state index in [0.29, 0.717) is 0 Å². The zero-order valence-electron chi connectivity index (χ0n) is 12.7. The Morgan fingerprint density at radius 1 is 1.10 bits per heavy atom. The second-order valence-corrected chi connectivity index (χ2v) is 5.19. The third kappa shape index (κ3) is 3.45. The van der Waals surface area contributed by atoms with E-state index in [1.165, 1.54) is 16.7 Å². The van der Waals surface area contributed by atoms with Crippen molar-refractivity contribution in [2.45, 2.75) is 39.7 Å². The highest BCUT2D eigenvalue weighted by Crippen LogP contribution is 2.23. The fourth-order valence-electron chi connectivity index (χ4n) is 2.41. The monoisotopic (exact) mass is 268 g/mol. The molecular formula is C18H24N2. The summed E-state index contributed by atoms with van der Waals surface area (Å²) >= 11 is 0. The molecule has 1 heterocycles. The average molecular weight is 268 g/mol. The molecule has 0 saturated heterocycles. The minimum Gasteiger partial charge on any atom is -0.305 e. The van der Waals surface area contributed by atoms with E-state index in [2.05, 4.69) is 61.4 Å². The molecule has 0 saturated carbocycles. The van der Waals surface area contributed by atoms with Crippen LogP contribution in [0.25, 0.3) is 0 Å². The highest BCUT2D eigenvalue weighted by molar-refractivity contribution is 5.33. The summed E-state index contributed by atoms with van der Waals surface area (Å²) in [6.07, 6.45) is 4.08. The molecule has 0 bridgehead atoms. The molecule has 106 valence electrons. The molecule has 20 heavy (non-hydrogen) atoms. The summed E-state index contributed by atoms with van der Waals surface area (Å²) in [4.78, 5) is 4.59. The number of hydrogen-bond donors (Lipinski definition) is 1. The Hall–Kier alpha value is -1.67. The molecule has 0 amide bonds. The van der Waals surface area contributed by atoms with Crippen molar-refractivity contribution in [3.63, 3.8) is 0 Å². The predicted molar refractivity (Wildman–Crippen MR) is 84.9 cm³/mol. The number of aryl methyl sites for hydroxylation is 2. The van der Waals surface area contributed by atoms with Crippen LogP contribution in [-0.4, -0.2) is 11.5 Å². The van der Waals surface area contributed by atoms with Gasteiger partial charge in [0.15, 0.2) is 0 Å². The van der Waals surface area contributed by atoms with Crippen LogP contribution >= 0.6 is 0 Å². The Morgan fingerprint density at radius 3 is 2.45 bits per heavy atom. The molecular weight excluding hydrogens is 244 g/mol. The van der Waals surface area contributed by atoms with Gasteiger partial charge in [-0.3, -0.25) is 4.98 Å². The molecule has 2 nitrogen and oxygen atoms in total. The molecule has 1 atom stereocenters. The third-order valence-electron chi connectivity index (χ3n) is 3.64. The van der Waals surface area contributed by atoms with Gasteiger partial charge in [-0.2, -0.15) is 0 Å². The van der Waals surface area contributed by atoms with Crippen molar-refractivity contribution < 1.29 is 0 Å². The van der Waals surface area contributed by atoms with Crippen LogP contribution in [0.1, 0.15) is 48.7 Å². The molecule has 0 spiro atoms. The Balaban J connectivity index is 2.33. The van der Waals surface area contributed by atoms with E-state index in [1.807, 2.05) is 12.3 Å². The summed E-state index contributed by atoms with van der Waals surface area (Å²) in [6.45, 7) is 7.50. The van der Waals surface area contributed by atoms with Crippen LogP contribution in [0.15, 0.2) is 42.6 Å². The lowest BCUT2D eigenvalue weighted by atomic mass is 9.98. The van der Waals surface area contributed by atoms with Gasteiger partial charge in [0.25, 0.3) is 0 Å². The van der Waals surface area contributed by atoms with Crippen molar-refractivity contribution in [2.24, 2.45) is 0 Å². The standard InChI is InChI=1S/C18H24N2/c1-4-12-19-18(17-14(3)7-6-13-20-17)16-10-8-15(5-2)9-11-16/h6-11,13,18-19H,4-5,12H2,1-3H3. The molecule has 0 aliphatic carbocycles. The van der Waals surface area contributed by atoms with Crippen molar-refractivity contribution in [2.75, 3.05) is 6.54 Å². The van der Waals surface area contributed by atoms with Crippen LogP contribution in [0.5, 0.6) is 0 Å². The number of benzene rings is 1. The summed E-state index contributed by atoms with van der Waals surface area (Å²) in [5.74, 6) is 0. The lowest BCUT2D eigenvalue weighted by Gasteiger charge is -2.20. The summed E-state index contributed by atoms with van der Waals surface area (Å²) in [7, 11) is 0. The van der Waals surface area contributed by atoms with Crippen molar-refractivity contribution in [1.29, 1.82) is 0 Å².